The highest BCUT2D eigenvalue weighted by Crippen LogP contribution is 2.10. The first-order valence-corrected chi connectivity index (χ1v) is 6.08. The number of methoxy groups -OCH3 is 1. The highest BCUT2D eigenvalue weighted by Gasteiger charge is 2.05. The molecule has 0 amide bonds. The number of anilines is 2. The SMILES string of the molecule is CCCNc1nc(NCCN(C)C)nc(OC)n1. The Labute approximate surface area is 108 Å². The number of hydrogen-bond acceptors (Lipinski definition) is 7. The fourth-order valence-electron chi connectivity index (χ4n) is 1.23. The van der Waals surface area contributed by atoms with Crippen LogP contribution in [0, 0.1) is 0 Å². The number of likely N-dealkylation sites (N-methyl/N-ethyl adjacent to an activating group) is 1. The maximum Gasteiger partial charge on any atom is 0.322 e. The first-order valence-electron chi connectivity index (χ1n) is 6.08. The molecule has 0 fully saturated rings. The molecule has 7 heteroatoms. The maximum atomic E-state index is 5.05. The summed E-state index contributed by atoms with van der Waals surface area (Å²) in [6.07, 6.45) is 1.01. The number of rotatable bonds is 8. The first kappa shape index (κ1) is 14.4. The van der Waals surface area contributed by atoms with Crippen molar-refractivity contribution in [1.29, 1.82) is 0 Å². The van der Waals surface area contributed by atoms with Crippen molar-refractivity contribution in [3.8, 4) is 6.01 Å². The summed E-state index contributed by atoms with van der Waals surface area (Å²) in [5, 5.41) is 6.26. The van der Waals surface area contributed by atoms with Gasteiger partial charge in [0.05, 0.1) is 7.11 Å². The number of hydrogen-bond donors (Lipinski definition) is 2. The fraction of sp³-hybridized carbons (Fsp3) is 0.727. The normalized spacial score (nSPS) is 10.5. The number of ether oxygens (including phenoxy) is 1. The molecule has 0 aromatic carbocycles. The van der Waals surface area contributed by atoms with Crippen LogP contribution >= 0.6 is 0 Å². The van der Waals surface area contributed by atoms with Crippen LogP contribution in [-0.2, 0) is 0 Å². The van der Waals surface area contributed by atoms with Crippen molar-refractivity contribution in [2.24, 2.45) is 0 Å². The Hall–Kier alpha value is -1.63. The summed E-state index contributed by atoms with van der Waals surface area (Å²) < 4.78 is 5.05. The van der Waals surface area contributed by atoms with Crippen molar-refractivity contribution in [3.63, 3.8) is 0 Å². The fourth-order valence-corrected chi connectivity index (χ4v) is 1.23. The first-order chi connectivity index (χ1) is 8.65. The average Bonchev–Trinajstić information content (AvgIpc) is 2.35. The lowest BCUT2D eigenvalue weighted by atomic mass is 10.5. The molecular formula is C11H22N6O. The van der Waals surface area contributed by atoms with Gasteiger partial charge in [0.15, 0.2) is 0 Å². The Bertz CT molecular complexity index is 357. The predicted molar refractivity (Wildman–Crippen MR) is 72.2 cm³/mol. The van der Waals surface area contributed by atoms with E-state index in [0.29, 0.717) is 17.9 Å². The highest BCUT2D eigenvalue weighted by molar-refractivity contribution is 5.35. The van der Waals surface area contributed by atoms with E-state index in [0.717, 1.165) is 26.1 Å². The largest absolute Gasteiger partial charge is 0.467 e. The van der Waals surface area contributed by atoms with Crippen molar-refractivity contribution in [1.82, 2.24) is 19.9 Å². The molecule has 0 aliphatic heterocycles. The maximum absolute atomic E-state index is 5.05. The van der Waals surface area contributed by atoms with Crippen molar-refractivity contribution < 1.29 is 4.74 Å². The van der Waals surface area contributed by atoms with Crippen LogP contribution in [0.3, 0.4) is 0 Å². The molecule has 0 bridgehead atoms. The van der Waals surface area contributed by atoms with Gasteiger partial charge in [0.1, 0.15) is 0 Å². The molecule has 18 heavy (non-hydrogen) atoms. The van der Waals surface area contributed by atoms with Gasteiger partial charge in [-0.25, -0.2) is 0 Å². The number of nitrogens with one attached hydrogen (secondary N) is 2. The van der Waals surface area contributed by atoms with Crippen LogP contribution in [0.1, 0.15) is 13.3 Å². The van der Waals surface area contributed by atoms with Gasteiger partial charge in [-0.1, -0.05) is 6.92 Å². The quantitative estimate of drug-likeness (QED) is 0.706. The minimum atomic E-state index is 0.316. The lowest BCUT2D eigenvalue weighted by molar-refractivity contribution is 0.379. The summed E-state index contributed by atoms with van der Waals surface area (Å²) in [6.45, 7) is 4.59. The zero-order valence-electron chi connectivity index (χ0n) is 11.5. The molecule has 102 valence electrons. The van der Waals surface area contributed by atoms with E-state index < -0.39 is 0 Å². The summed E-state index contributed by atoms with van der Waals surface area (Å²) in [6, 6.07) is 0.316. The number of nitrogens with zero attached hydrogens (tertiary/aromatic N) is 4. The second-order valence-electron chi connectivity index (χ2n) is 4.13. The Kier molecular flexibility index (Phi) is 6.13. The lowest BCUT2D eigenvalue weighted by Crippen LogP contribution is -2.22. The van der Waals surface area contributed by atoms with E-state index in [9.17, 15) is 0 Å². The highest BCUT2D eigenvalue weighted by atomic mass is 16.5. The number of aromatic nitrogens is 3. The zero-order chi connectivity index (χ0) is 13.4. The van der Waals surface area contributed by atoms with Crippen LogP contribution in [0.2, 0.25) is 0 Å². The molecule has 0 aliphatic carbocycles. The van der Waals surface area contributed by atoms with Crippen LogP contribution < -0.4 is 15.4 Å². The molecule has 1 heterocycles. The molecule has 0 saturated carbocycles. The second-order valence-corrected chi connectivity index (χ2v) is 4.13. The van der Waals surface area contributed by atoms with Gasteiger partial charge in [-0.15, -0.1) is 0 Å². The smallest absolute Gasteiger partial charge is 0.322 e. The minimum absolute atomic E-state index is 0.316. The topological polar surface area (TPSA) is 75.2 Å². The Morgan fingerprint density at radius 2 is 1.67 bits per heavy atom. The third-order valence-corrected chi connectivity index (χ3v) is 2.17. The van der Waals surface area contributed by atoms with Crippen LogP contribution in [-0.4, -0.2) is 60.7 Å². The van der Waals surface area contributed by atoms with E-state index in [1.165, 1.54) is 0 Å². The van der Waals surface area contributed by atoms with Gasteiger partial charge in [-0.05, 0) is 20.5 Å². The van der Waals surface area contributed by atoms with Crippen LogP contribution in [0.5, 0.6) is 6.01 Å². The third kappa shape index (κ3) is 5.13. The van der Waals surface area contributed by atoms with Crippen LogP contribution in [0.15, 0.2) is 0 Å². The van der Waals surface area contributed by atoms with E-state index >= 15 is 0 Å². The Balaban J connectivity index is 2.64. The molecule has 0 aliphatic rings. The van der Waals surface area contributed by atoms with E-state index in [-0.39, 0.29) is 0 Å². The Morgan fingerprint density at radius 3 is 2.17 bits per heavy atom. The summed E-state index contributed by atoms with van der Waals surface area (Å²) in [5.74, 6) is 1.07. The predicted octanol–water partition coefficient (Wildman–Crippen LogP) is 0.676. The van der Waals surface area contributed by atoms with E-state index in [4.69, 9.17) is 4.74 Å². The Morgan fingerprint density at radius 1 is 1.06 bits per heavy atom. The average molecular weight is 254 g/mol. The van der Waals surface area contributed by atoms with Gasteiger partial charge >= 0.3 is 6.01 Å². The third-order valence-electron chi connectivity index (χ3n) is 2.17. The molecule has 0 unspecified atom stereocenters. The van der Waals surface area contributed by atoms with Gasteiger partial charge in [-0.3, -0.25) is 0 Å². The van der Waals surface area contributed by atoms with Crippen LogP contribution in [0.4, 0.5) is 11.9 Å². The molecule has 0 atom stereocenters. The summed E-state index contributed by atoms with van der Waals surface area (Å²) in [4.78, 5) is 14.6. The summed E-state index contributed by atoms with van der Waals surface area (Å²) in [7, 11) is 5.58. The van der Waals surface area contributed by atoms with E-state index in [2.05, 4.69) is 37.4 Å². The molecule has 7 nitrogen and oxygen atoms in total. The minimum Gasteiger partial charge on any atom is -0.467 e. The lowest BCUT2D eigenvalue weighted by Gasteiger charge is -2.11. The van der Waals surface area contributed by atoms with Crippen molar-refractivity contribution in [3.05, 3.63) is 0 Å². The van der Waals surface area contributed by atoms with Gasteiger partial charge in [0.2, 0.25) is 11.9 Å². The molecule has 0 saturated heterocycles. The molecule has 2 N–H and O–H groups in total. The van der Waals surface area contributed by atoms with Gasteiger partial charge in [-0.2, -0.15) is 15.0 Å². The second kappa shape index (κ2) is 7.65. The summed E-state index contributed by atoms with van der Waals surface area (Å²) in [5.41, 5.74) is 0. The molecule has 0 radical (unpaired) electrons. The molecular weight excluding hydrogens is 232 g/mol. The van der Waals surface area contributed by atoms with E-state index in [1.807, 2.05) is 14.1 Å². The summed E-state index contributed by atoms with van der Waals surface area (Å²) >= 11 is 0. The molecule has 1 aromatic rings. The van der Waals surface area contributed by atoms with Crippen molar-refractivity contribution in [2.45, 2.75) is 13.3 Å². The van der Waals surface area contributed by atoms with Gasteiger partial charge < -0.3 is 20.3 Å². The van der Waals surface area contributed by atoms with Gasteiger partial charge in [0.25, 0.3) is 0 Å². The van der Waals surface area contributed by atoms with E-state index in [1.54, 1.807) is 7.11 Å². The van der Waals surface area contributed by atoms with Gasteiger partial charge in [0, 0.05) is 19.6 Å². The van der Waals surface area contributed by atoms with Crippen molar-refractivity contribution in [2.75, 3.05) is 51.5 Å². The zero-order valence-corrected chi connectivity index (χ0v) is 11.5. The standard InChI is InChI=1S/C11H22N6O/c1-5-6-12-9-14-10(13-7-8-17(2)3)16-11(15-9)18-4/h5-8H2,1-4H3,(H2,12,13,14,15,16). The molecule has 1 rings (SSSR count). The monoisotopic (exact) mass is 254 g/mol. The van der Waals surface area contributed by atoms with Crippen molar-refractivity contribution >= 4 is 11.9 Å². The molecule has 1 aromatic heterocycles. The van der Waals surface area contributed by atoms with Crippen LogP contribution in [0.25, 0.3) is 0 Å². The molecule has 0 spiro atoms.